The van der Waals surface area contributed by atoms with Gasteiger partial charge in [0.25, 0.3) is 5.92 Å². The molecule has 1 aromatic heterocycles. The van der Waals surface area contributed by atoms with Crippen LogP contribution in [0, 0.1) is 11.3 Å². The lowest BCUT2D eigenvalue weighted by Gasteiger charge is -2.34. The van der Waals surface area contributed by atoms with Gasteiger partial charge in [-0.2, -0.15) is 4.98 Å². The van der Waals surface area contributed by atoms with E-state index in [0.29, 0.717) is 4.57 Å². The lowest BCUT2D eigenvalue weighted by atomic mass is 9.74. The van der Waals surface area contributed by atoms with Crippen molar-refractivity contribution in [1.29, 1.82) is 0 Å². The number of alkyl halides is 2. The highest BCUT2D eigenvalue weighted by molar-refractivity contribution is 5.23. The Morgan fingerprint density at radius 3 is 2.57 bits per heavy atom. The molecule has 1 aromatic rings. The van der Waals surface area contributed by atoms with Gasteiger partial charge in [0.2, 0.25) is 6.23 Å². The van der Waals surface area contributed by atoms with Gasteiger partial charge in [-0.25, -0.2) is 13.6 Å². The van der Waals surface area contributed by atoms with Gasteiger partial charge in [-0.3, -0.25) is 4.57 Å². The summed E-state index contributed by atoms with van der Waals surface area (Å²) in [5, 5.41) is 9.33. The molecule has 1 aliphatic rings. The number of anilines is 1. The van der Waals surface area contributed by atoms with Crippen LogP contribution < -0.4 is 11.4 Å². The number of aromatic nitrogens is 2. The summed E-state index contributed by atoms with van der Waals surface area (Å²) in [6, 6.07) is 1.25. The van der Waals surface area contributed by atoms with Crippen molar-refractivity contribution >= 4 is 5.82 Å². The number of nitrogen functional groups attached to an aromatic ring is 1. The van der Waals surface area contributed by atoms with Gasteiger partial charge in [-0.1, -0.05) is 20.8 Å². The van der Waals surface area contributed by atoms with Crippen molar-refractivity contribution in [1.82, 2.24) is 9.55 Å². The third kappa shape index (κ3) is 2.65. The average molecular weight is 303 g/mol. The molecule has 0 bridgehead atoms. The van der Waals surface area contributed by atoms with Gasteiger partial charge in [0.05, 0.1) is 18.6 Å². The van der Waals surface area contributed by atoms with Crippen molar-refractivity contribution in [3.63, 3.8) is 0 Å². The second-order valence-electron chi connectivity index (χ2n) is 6.27. The number of aliphatic hydroxyl groups is 1. The smallest absolute Gasteiger partial charge is 0.351 e. The van der Waals surface area contributed by atoms with E-state index in [1.54, 1.807) is 20.8 Å². The lowest BCUT2D eigenvalue weighted by molar-refractivity contribution is -0.138. The van der Waals surface area contributed by atoms with Crippen LogP contribution in [-0.2, 0) is 4.74 Å². The molecule has 2 heterocycles. The summed E-state index contributed by atoms with van der Waals surface area (Å²) in [7, 11) is 0. The minimum absolute atomic E-state index is 0.0522. The van der Waals surface area contributed by atoms with Crippen LogP contribution in [0.25, 0.3) is 0 Å². The maximum Gasteiger partial charge on any atom is 0.351 e. The van der Waals surface area contributed by atoms with E-state index in [9.17, 15) is 18.7 Å². The molecule has 21 heavy (non-hydrogen) atoms. The Balaban J connectivity index is 2.49. The van der Waals surface area contributed by atoms with Crippen LogP contribution in [0.3, 0.4) is 0 Å². The predicted molar refractivity (Wildman–Crippen MR) is 71.8 cm³/mol. The molecular formula is C13H19F2N3O3. The first-order valence-electron chi connectivity index (χ1n) is 6.58. The molecule has 0 saturated carbocycles. The largest absolute Gasteiger partial charge is 0.394 e. The minimum Gasteiger partial charge on any atom is -0.394 e. The number of rotatable bonds is 2. The summed E-state index contributed by atoms with van der Waals surface area (Å²) in [6.45, 7) is 4.38. The van der Waals surface area contributed by atoms with E-state index in [-0.39, 0.29) is 5.82 Å². The Morgan fingerprint density at radius 2 is 2.14 bits per heavy atom. The van der Waals surface area contributed by atoms with E-state index in [1.165, 1.54) is 6.07 Å². The molecule has 6 nitrogen and oxygen atoms in total. The van der Waals surface area contributed by atoms with Gasteiger partial charge >= 0.3 is 5.69 Å². The molecule has 0 aliphatic carbocycles. The van der Waals surface area contributed by atoms with Crippen molar-refractivity contribution in [3.05, 3.63) is 22.7 Å². The summed E-state index contributed by atoms with van der Waals surface area (Å²) in [5.74, 6) is -4.61. The van der Waals surface area contributed by atoms with E-state index in [1.807, 2.05) is 0 Å². The third-order valence-electron chi connectivity index (χ3n) is 3.64. The summed E-state index contributed by atoms with van der Waals surface area (Å²) in [4.78, 5) is 15.2. The quantitative estimate of drug-likeness (QED) is 0.851. The van der Waals surface area contributed by atoms with E-state index < -0.39 is 41.9 Å². The number of hydrogen-bond acceptors (Lipinski definition) is 5. The molecule has 2 unspecified atom stereocenters. The molecule has 2 rings (SSSR count). The fourth-order valence-electron chi connectivity index (χ4n) is 2.88. The molecule has 1 aliphatic heterocycles. The number of aliphatic hydroxyl groups excluding tert-OH is 1. The maximum atomic E-state index is 14.7. The van der Waals surface area contributed by atoms with Crippen molar-refractivity contribution in [2.75, 3.05) is 12.3 Å². The Kier molecular flexibility index (Phi) is 3.79. The van der Waals surface area contributed by atoms with Crippen molar-refractivity contribution in [2.45, 2.75) is 39.0 Å². The number of halogens is 2. The van der Waals surface area contributed by atoms with Crippen molar-refractivity contribution < 1.29 is 18.6 Å². The zero-order valence-electron chi connectivity index (χ0n) is 12.1. The zero-order chi connectivity index (χ0) is 16.0. The Morgan fingerprint density at radius 1 is 1.52 bits per heavy atom. The van der Waals surface area contributed by atoms with Crippen LogP contribution in [0.15, 0.2) is 17.1 Å². The molecule has 0 radical (unpaired) electrons. The normalized spacial score (nSPS) is 28.8. The van der Waals surface area contributed by atoms with Crippen LogP contribution in [0.1, 0.15) is 27.0 Å². The molecule has 0 spiro atoms. The zero-order valence-corrected chi connectivity index (χ0v) is 12.1. The van der Waals surface area contributed by atoms with Gasteiger partial charge in [-0.15, -0.1) is 0 Å². The number of nitrogens with two attached hydrogens (primary N) is 1. The maximum absolute atomic E-state index is 14.7. The molecule has 3 N–H and O–H groups in total. The monoisotopic (exact) mass is 303 g/mol. The first kappa shape index (κ1) is 15.8. The SMILES string of the molecule is CC(C)(C)C1C(CO)O[C@@H](n2ccc(N)nc2=O)C1(F)F. The van der Waals surface area contributed by atoms with Gasteiger partial charge in [0, 0.05) is 6.20 Å². The van der Waals surface area contributed by atoms with E-state index in [2.05, 4.69) is 4.98 Å². The van der Waals surface area contributed by atoms with Crippen LogP contribution in [0.5, 0.6) is 0 Å². The minimum atomic E-state index is -3.33. The predicted octanol–water partition coefficient (Wildman–Crippen LogP) is 1.01. The Labute approximate surface area is 120 Å². The Bertz CT molecular complexity index is 583. The van der Waals surface area contributed by atoms with Crippen LogP contribution in [-0.4, -0.2) is 33.3 Å². The first-order chi connectivity index (χ1) is 9.59. The number of nitrogens with zero attached hydrogens (tertiary/aromatic N) is 2. The van der Waals surface area contributed by atoms with Gasteiger partial charge < -0.3 is 15.6 Å². The molecule has 0 aromatic carbocycles. The molecule has 0 amide bonds. The number of ether oxygens (including phenoxy) is 1. The van der Waals surface area contributed by atoms with E-state index in [4.69, 9.17) is 10.5 Å². The van der Waals surface area contributed by atoms with Gasteiger partial charge in [-0.05, 0) is 11.5 Å². The van der Waals surface area contributed by atoms with Crippen LogP contribution in [0.4, 0.5) is 14.6 Å². The third-order valence-corrected chi connectivity index (χ3v) is 3.64. The fraction of sp³-hybridized carbons (Fsp3) is 0.692. The van der Waals surface area contributed by atoms with Crippen LogP contribution in [0.2, 0.25) is 0 Å². The Hall–Kier alpha value is -1.54. The molecule has 8 heteroatoms. The highest BCUT2D eigenvalue weighted by Gasteiger charge is 2.63. The molecule has 1 fully saturated rings. The first-order valence-corrected chi connectivity index (χ1v) is 6.58. The fourth-order valence-corrected chi connectivity index (χ4v) is 2.88. The van der Waals surface area contributed by atoms with Gasteiger partial charge in [0.15, 0.2) is 0 Å². The summed E-state index contributed by atoms with van der Waals surface area (Å²) < 4.78 is 35.4. The average Bonchev–Trinajstić information content (AvgIpc) is 2.60. The standard InChI is InChI=1S/C13H19F2N3O3/c1-12(2,3)9-7(6-19)21-10(13(9,14)15)18-5-4-8(16)17-11(18)20/h4-5,7,9-10,19H,6H2,1-3H3,(H2,16,17,20)/t7?,9?,10-/m1/s1. The lowest BCUT2D eigenvalue weighted by Crippen LogP contribution is -2.44. The second kappa shape index (κ2) is 5.03. The summed E-state index contributed by atoms with van der Waals surface area (Å²) in [5.41, 5.74) is 3.63. The summed E-state index contributed by atoms with van der Waals surface area (Å²) in [6.07, 6.45) is -1.74. The molecule has 118 valence electrons. The highest BCUT2D eigenvalue weighted by Crippen LogP contribution is 2.53. The van der Waals surface area contributed by atoms with Crippen LogP contribution >= 0.6 is 0 Å². The second-order valence-corrected chi connectivity index (χ2v) is 6.27. The van der Waals surface area contributed by atoms with E-state index >= 15 is 0 Å². The van der Waals surface area contributed by atoms with Gasteiger partial charge in [0.1, 0.15) is 5.82 Å². The molecule has 1 saturated heterocycles. The van der Waals surface area contributed by atoms with Crippen molar-refractivity contribution in [2.24, 2.45) is 11.3 Å². The molecule has 3 atom stereocenters. The molecular weight excluding hydrogens is 284 g/mol. The number of hydrogen-bond donors (Lipinski definition) is 2. The highest BCUT2D eigenvalue weighted by atomic mass is 19.3. The summed E-state index contributed by atoms with van der Waals surface area (Å²) >= 11 is 0. The van der Waals surface area contributed by atoms with E-state index in [0.717, 1.165) is 6.20 Å². The van der Waals surface area contributed by atoms with Crippen molar-refractivity contribution in [3.8, 4) is 0 Å². The topological polar surface area (TPSA) is 90.4 Å².